The zero-order valence-electron chi connectivity index (χ0n) is 8.91. The van der Waals surface area contributed by atoms with Gasteiger partial charge < -0.3 is 9.84 Å². The molecular weight excluding hydrogens is 239 g/mol. The Bertz CT molecular complexity index is 418. The quantitative estimate of drug-likeness (QED) is 0.890. The van der Waals surface area contributed by atoms with Crippen LogP contribution in [0.25, 0.3) is 0 Å². The highest BCUT2D eigenvalue weighted by Crippen LogP contribution is 2.21. The summed E-state index contributed by atoms with van der Waals surface area (Å²) in [4.78, 5) is 14.2. The number of aromatic nitrogens is 1. The highest BCUT2D eigenvalue weighted by Gasteiger charge is 2.27. The number of aromatic carboxylic acids is 1. The van der Waals surface area contributed by atoms with E-state index in [1.165, 1.54) is 13.0 Å². The molecule has 0 unspecified atom stereocenters. The van der Waals surface area contributed by atoms with E-state index < -0.39 is 25.2 Å². The maximum atomic E-state index is 11.9. The average Bonchev–Trinajstić information content (AvgIpc) is 2.18. The molecule has 0 atom stereocenters. The molecule has 1 aromatic rings. The van der Waals surface area contributed by atoms with Gasteiger partial charge in [-0.3, -0.25) is 0 Å². The molecule has 1 heterocycles. The van der Waals surface area contributed by atoms with Crippen LogP contribution in [0, 0.1) is 6.92 Å². The first kappa shape index (κ1) is 13.3. The molecule has 1 rings (SSSR count). The molecule has 0 aromatic carbocycles. The molecule has 0 saturated heterocycles. The maximum Gasteiger partial charge on any atom is 0.392 e. The molecule has 0 bridgehead atoms. The third-order valence-electron chi connectivity index (χ3n) is 1.90. The lowest BCUT2D eigenvalue weighted by molar-refractivity contribution is -0.139. The molecule has 1 N–H and O–H groups in total. The topological polar surface area (TPSA) is 59.4 Å². The van der Waals surface area contributed by atoms with Crippen molar-refractivity contribution in [3.8, 4) is 5.88 Å². The maximum absolute atomic E-state index is 11.9. The number of pyridine rings is 1. The summed E-state index contributed by atoms with van der Waals surface area (Å²) in [7, 11) is 0. The summed E-state index contributed by atoms with van der Waals surface area (Å²) in [6.45, 7) is 0.978. The predicted molar refractivity (Wildman–Crippen MR) is 52.1 cm³/mol. The van der Waals surface area contributed by atoms with E-state index in [4.69, 9.17) is 9.84 Å². The smallest absolute Gasteiger partial charge is 0.392 e. The van der Waals surface area contributed by atoms with Crippen LogP contribution in [0.15, 0.2) is 12.3 Å². The second kappa shape index (κ2) is 5.03. The van der Waals surface area contributed by atoms with E-state index in [-0.39, 0.29) is 11.4 Å². The Balaban J connectivity index is 2.64. The molecular formula is C10H10F3NO3. The van der Waals surface area contributed by atoms with Crippen molar-refractivity contribution in [2.45, 2.75) is 19.5 Å². The van der Waals surface area contributed by atoms with Gasteiger partial charge in [0, 0.05) is 11.8 Å². The first-order chi connectivity index (χ1) is 7.79. The molecule has 94 valence electrons. The second-order valence-electron chi connectivity index (χ2n) is 3.36. The normalized spacial score (nSPS) is 11.3. The number of ether oxygens (including phenoxy) is 1. The SMILES string of the molecule is Cc1cc(C(=O)O)cnc1OCCC(F)(F)F. The van der Waals surface area contributed by atoms with Gasteiger partial charge in [0.2, 0.25) is 5.88 Å². The number of carboxylic acids is 1. The Kier molecular flexibility index (Phi) is 3.93. The van der Waals surface area contributed by atoms with E-state index in [9.17, 15) is 18.0 Å². The van der Waals surface area contributed by atoms with E-state index in [0.717, 1.165) is 6.20 Å². The largest absolute Gasteiger partial charge is 0.478 e. The number of alkyl halides is 3. The van der Waals surface area contributed by atoms with Crippen LogP contribution in [0.1, 0.15) is 22.3 Å². The van der Waals surface area contributed by atoms with Crippen LogP contribution in [0.5, 0.6) is 5.88 Å². The van der Waals surface area contributed by atoms with Crippen molar-refractivity contribution >= 4 is 5.97 Å². The summed E-state index contributed by atoms with van der Waals surface area (Å²) < 4.78 is 40.4. The van der Waals surface area contributed by atoms with Crippen molar-refractivity contribution < 1.29 is 27.8 Å². The van der Waals surface area contributed by atoms with Gasteiger partial charge in [-0.25, -0.2) is 9.78 Å². The van der Waals surface area contributed by atoms with Gasteiger partial charge in [0.1, 0.15) is 0 Å². The highest BCUT2D eigenvalue weighted by molar-refractivity contribution is 5.87. The molecule has 1 aromatic heterocycles. The molecule has 0 amide bonds. The van der Waals surface area contributed by atoms with E-state index >= 15 is 0 Å². The number of hydrogen-bond acceptors (Lipinski definition) is 3. The molecule has 0 aliphatic heterocycles. The minimum Gasteiger partial charge on any atom is -0.478 e. The van der Waals surface area contributed by atoms with Crippen LogP contribution in [0.2, 0.25) is 0 Å². The van der Waals surface area contributed by atoms with Gasteiger partial charge in [-0.1, -0.05) is 0 Å². The van der Waals surface area contributed by atoms with Crippen LogP contribution < -0.4 is 4.74 Å². The summed E-state index contributed by atoms with van der Waals surface area (Å²) in [6.07, 6.45) is -4.32. The molecule has 0 saturated carbocycles. The van der Waals surface area contributed by atoms with Crippen LogP contribution >= 0.6 is 0 Å². The first-order valence-corrected chi connectivity index (χ1v) is 4.69. The van der Waals surface area contributed by atoms with Crippen LogP contribution in [0.3, 0.4) is 0 Å². The standard InChI is InChI=1S/C10H10F3NO3/c1-6-4-7(9(15)16)5-14-8(6)17-3-2-10(11,12)13/h4-5H,2-3H2,1H3,(H,15,16). The lowest BCUT2D eigenvalue weighted by Crippen LogP contribution is -2.14. The van der Waals surface area contributed by atoms with E-state index in [0.29, 0.717) is 5.56 Å². The van der Waals surface area contributed by atoms with Crippen molar-refractivity contribution in [3.05, 3.63) is 23.4 Å². The molecule has 4 nitrogen and oxygen atoms in total. The van der Waals surface area contributed by atoms with Crippen LogP contribution in [-0.2, 0) is 0 Å². The minimum absolute atomic E-state index is 0.0132. The average molecular weight is 249 g/mol. The summed E-state index contributed by atoms with van der Waals surface area (Å²) in [5.74, 6) is -1.14. The number of carboxylic acid groups (broad SMARTS) is 1. The molecule has 0 spiro atoms. The zero-order chi connectivity index (χ0) is 13.1. The van der Waals surface area contributed by atoms with Crippen molar-refractivity contribution in [1.29, 1.82) is 0 Å². The monoisotopic (exact) mass is 249 g/mol. The lowest BCUT2D eigenvalue weighted by atomic mass is 10.2. The minimum atomic E-state index is -4.28. The molecule has 0 fully saturated rings. The Morgan fingerprint density at radius 1 is 1.53 bits per heavy atom. The van der Waals surface area contributed by atoms with Crippen molar-refractivity contribution in [2.75, 3.05) is 6.61 Å². The summed E-state index contributed by atoms with van der Waals surface area (Å²) in [5.41, 5.74) is 0.345. The van der Waals surface area contributed by atoms with Crippen LogP contribution in [-0.4, -0.2) is 28.8 Å². The molecule has 0 radical (unpaired) electrons. The number of hydrogen-bond donors (Lipinski definition) is 1. The Labute approximate surface area is 95.0 Å². The molecule has 0 aliphatic rings. The van der Waals surface area contributed by atoms with Crippen molar-refractivity contribution in [1.82, 2.24) is 4.98 Å². The van der Waals surface area contributed by atoms with Gasteiger partial charge in [0.15, 0.2) is 0 Å². The van der Waals surface area contributed by atoms with E-state index in [1.807, 2.05) is 0 Å². The Morgan fingerprint density at radius 3 is 2.65 bits per heavy atom. The Morgan fingerprint density at radius 2 is 2.18 bits per heavy atom. The van der Waals surface area contributed by atoms with Gasteiger partial charge >= 0.3 is 12.1 Å². The molecule has 7 heteroatoms. The number of nitrogens with zero attached hydrogens (tertiary/aromatic N) is 1. The van der Waals surface area contributed by atoms with Gasteiger partial charge in [-0.15, -0.1) is 0 Å². The third-order valence-corrected chi connectivity index (χ3v) is 1.90. The summed E-state index contributed by atoms with van der Waals surface area (Å²) >= 11 is 0. The second-order valence-corrected chi connectivity index (χ2v) is 3.36. The summed E-state index contributed by atoms with van der Waals surface area (Å²) in [6, 6.07) is 1.29. The van der Waals surface area contributed by atoms with Crippen LogP contribution in [0.4, 0.5) is 13.2 Å². The molecule has 17 heavy (non-hydrogen) atoms. The number of rotatable bonds is 4. The van der Waals surface area contributed by atoms with Gasteiger partial charge in [0.05, 0.1) is 18.6 Å². The predicted octanol–water partition coefficient (Wildman–Crippen LogP) is 2.42. The number of halogens is 3. The van der Waals surface area contributed by atoms with Gasteiger partial charge in [-0.05, 0) is 13.0 Å². The van der Waals surface area contributed by atoms with Crippen molar-refractivity contribution in [2.24, 2.45) is 0 Å². The van der Waals surface area contributed by atoms with Crippen molar-refractivity contribution in [3.63, 3.8) is 0 Å². The van der Waals surface area contributed by atoms with E-state index in [2.05, 4.69) is 4.98 Å². The molecule has 0 aliphatic carbocycles. The number of carbonyl (C=O) groups is 1. The fraction of sp³-hybridized carbons (Fsp3) is 0.400. The zero-order valence-corrected chi connectivity index (χ0v) is 8.91. The summed E-state index contributed by atoms with van der Waals surface area (Å²) in [5, 5.41) is 8.65. The fourth-order valence-electron chi connectivity index (χ4n) is 1.09. The fourth-order valence-corrected chi connectivity index (χ4v) is 1.09. The lowest BCUT2D eigenvalue weighted by Gasteiger charge is -2.09. The van der Waals surface area contributed by atoms with E-state index in [1.54, 1.807) is 0 Å². The van der Waals surface area contributed by atoms with Gasteiger partial charge in [-0.2, -0.15) is 13.2 Å². The first-order valence-electron chi connectivity index (χ1n) is 4.69. The van der Waals surface area contributed by atoms with Gasteiger partial charge in [0.25, 0.3) is 0 Å². The highest BCUT2D eigenvalue weighted by atomic mass is 19.4. The third kappa shape index (κ3) is 4.29. The number of aryl methyl sites for hydroxylation is 1. The Hall–Kier alpha value is -1.79.